The first-order valence-electron chi connectivity index (χ1n) is 5.95. The SMILES string of the molecule is O=C(OOCc1ccccc1)Oc1ccc([N+](=O)[O-])cc1. The van der Waals surface area contributed by atoms with Gasteiger partial charge in [0.05, 0.1) is 4.92 Å². The molecule has 0 spiro atoms. The first-order chi connectivity index (χ1) is 10.1. The summed E-state index contributed by atoms with van der Waals surface area (Å²) in [4.78, 5) is 30.4. The highest BCUT2D eigenvalue weighted by atomic mass is 17.2. The molecule has 0 aliphatic carbocycles. The fraction of sp³-hybridized carbons (Fsp3) is 0.0714. The molecule has 2 rings (SSSR count). The van der Waals surface area contributed by atoms with E-state index in [4.69, 9.17) is 9.62 Å². The van der Waals surface area contributed by atoms with Crippen LogP contribution in [0.1, 0.15) is 5.56 Å². The van der Waals surface area contributed by atoms with Gasteiger partial charge in [-0.05, 0) is 17.7 Å². The lowest BCUT2D eigenvalue weighted by atomic mass is 10.2. The highest BCUT2D eigenvalue weighted by molar-refractivity contribution is 5.63. The number of nitro benzene ring substituents is 1. The van der Waals surface area contributed by atoms with Crippen LogP contribution < -0.4 is 4.74 Å². The van der Waals surface area contributed by atoms with E-state index in [0.29, 0.717) is 0 Å². The molecule has 0 unspecified atom stereocenters. The van der Waals surface area contributed by atoms with Crippen LogP contribution in [0.15, 0.2) is 54.6 Å². The van der Waals surface area contributed by atoms with Gasteiger partial charge in [0.15, 0.2) is 0 Å². The molecule has 0 aromatic heterocycles. The first-order valence-corrected chi connectivity index (χ1v) is 5.95. The van der Waals surface area contributed by atoms with Crippen molar-refractivity contribution >= 4 is 11.8 Å². The fourth-order valence-corrected chi connectivity index (χ4v) is 1.47. The molecule has 7 nitrogen and oxygen atoms in total. The first kappa shape index (κ1) is 14.5. The molecule has 0 fully saturated rings. The maximum absolute atomic E-state index is 11.3. The van der Waals surface area contributed by atoms with Crippen molar-refractivity contribution < 1.29 is 24.2 Å². The highest BCUT2D eigenvalue weighted by Gasteiger charge is 2.10. The molecule has 0 saturated carbocycles. The number of carbonyl (C=O) groups is 1. The topological polar surface area (TPSA) is 87.9 Å². The second-order valence-corrected chi connectivity index (χ2v) is 3.93. The van der Waals surface area contributed by atoms with Crippen LogP contribution in [0.4, 0.5) is 10.5 Å². The van der Waals surface area contributed by atoms with Crippen molar-refractivity contribution in [2.45, 2.75) is 6.61 Å². The molecule has 0 amide bonds. The van der Waals surface area contributed by atoms with Gasteiger partial charge in [-0.2, -0.15) is 4.89 Å². The minimum atomic E-state index is -1.06. The molecule has 7 heteroatoms. The molecule has 0 radical (unpaired) electrons. The summed E-state index contributed by atoms with van der Waals surface area (Å²) in [6.07, 6.45) is -1.06. The Labute approximate surface area is 119 Å². The summed E-state index contributed by atoms with van der Waals surface area (Å²) in [5.74, 6) is 0.119. The van der Waals surface area contributed by atoms with Gasteiger partial charge in [0.1, 0.15) is 12.4 Å². The number of rotatable bonds is 5. The number of nitrogens with zero attached hydrogens (tertiary/aromatic N) is 1. The molecule has 2 aromatic rings. The average Bonchev–Trinajstić information content (AvgIpc) is 2.49. The van der Waals surface area contributed by atoms with E-state index in [9.17, 15) is 14.9 Å². The van der Waals surface area contributed by atoms with Crippen LogP contribution >= 0.6 is 0 Å². The summed E-state index contributed by atoms with van der Waals surface area (Å²) in [6.45, 7) is 0.0935. The number of hydrogen-bond acceptors (Lipinski definition) is 6. The van der Waals surface area contributed by atoms with Crippen molar-refractivity contribution in [1.29, 1.82) is 0 Å². The lowest BCUT2D eigenvalue weighted by molar-refractivity contribution is -0.384. The van der Waals surface area contributed by atoms with Crippen molar-refractivity contribution in [3.05, 3.63) is 70.3 Å². The van der Waals surface area contributed by atoms with E-state index in [2.05, 4.69) is 4.89 Å². The van der Waals surface area contributed by atoms with Crippen LogP contribution in [0, 0.1) is 10.1 Å². The molecule has 0 heterocycles. The quantitative estimate of drug-likeness (QED) is 0.276. The van der Waals surface area contributed by atoms with Gasteiger partial charge in [-0.15, -0.1) is 0 Å². The molecular formula is C14H11NO6. The van der Waals surface area contributed by atoms with E-state index in [1.165, 1.54) is 24.3 Å². The van der Waals surface area contributed by atoms with Crippen LogP contribution in [-0.2, 0) is 16.4 Å². The Kier molecular flexibility index (Phi) is 4.84. The van der Waals surface area contributed by atoms with Gasteiger partial charge in [0, 0.05) is 12.1 Å². The predicted molar refractivity (Wildman–Crippen MR) is 71.4 cm³/mol. The number of nitro groups is 1. The third kappa shape index (κ3) is 4.59. The summed E-state index contributed by atoms with van der Waals surface area (Å²) in [5, 5.41) is 10.5. The summed E-state index contributed by atoms with van der Waals surface area (Å²) in [7, 11) is 0. The lowest BCUT2D eigenvalue weighted by Gasteiger charge is -2.04. The van der Waals surface area contributed by atoms with E-state index < -0.39 is 11.1 Å². The van der Waals surface area contributed by atoms with Gasteiger partial charge in [0.25, 0.3) is 5.69 Å². The van der Waals surface area contributed by atoms with E-state index >= 15 is 0 Å². The Bertz CT molecular complexity index is 611. The van der Waals surface area contributed by atoms with Crippen molar-refractivity contribution in [2.75, 3.05) is 0 Å². The van der Waals surface area contributed by atoms with Crippen LogP contribution in [-0.4, -0.2) is 11.1 Å². The largest absolute Gasteiger partial charge is 0.546 e. The zero-order valence-electron chi connectivity index (χ0n) is 10.8. The van der Waals surface area contributed by atoms with E-state index in [0.717, 1.165) is 5.56 Å². The highest BCUT2D eigenvalue weighted by Crippen LogP contribution is 2.17. The molecule has 0 aliphatic rings. The van der Waals surface area contributed by atoms with Gasteiger partial charge in [0.2, 0.25) is 0 Å². The number of benzene rings is 2. The van der Waals surface area contributed by atoms with Crippen molar-refractivity contribution in [3.8, 4) is 5.75 Å². The zero-order chi connectivity index (χ0) is 15.1. The van der Waals surface area contributed by atoms with Crippen LogP contribution in [0.2, 0.25) is 0 Å². The molecule has 21 heavy (non-hydrogen) atoms. The molecule has 0 aliphatic heterocycles. The zero-order valence-corrected chi connectivity index (χ0v) is 10.8. The lowest BCUT2D eigenvalue weighted by Crippen LogP contribution is -2.11. The summed E-state index contributed by atoms with van der Waals surface area (Å²) in [5.41, 5.74) is 0.733. The average molecular weight is 289 g/mol. The summed E-state index contributed by atoms with van der Waals surface area (Å²) in [6, 6.07) is 14.1. The number of non-ortho nitro benzene ring substituents is 1. The molecule has 0 bridgehead atoms. The maximum atomic E-state index is 11.3. The maximum Gasteiger partial charge on any atom is 0.546 e. The van der Waals surface area contributed by atoms with E-state index in [1.807, 2.05) is 30.3 Å². The fourth-order valence-electron chi connectivity index (χ4n) is 1.47. The van der Waals surface area contributed by atoms with Gasteiger partial charge in [-0.3, -0.25) is 15.0 Å². The normalized spacial score (nSPS) is 9.90. The van der Waals surface area contributed by atoms with Crippen LogP contribution in [0.3, 0.4) is 0 Å². The summed E-state index contributed by atoms with van der Waals surface area (Å²) >= 11 is 0. The second kappa shape index (κ2) is 7.01. The predicted octanol–water partition coefficient (Wildman–Crippen LogP) is 3.24. The number of ether oxygens (including phenoxy) is 1. The Morgan fingerprint density at radius 3 is 2.33 bits per heavy atom. The molecule has 0 N–H and O–H groups in total. The Hall–Kier alpha value is -2.93. The minimum absolute atomic E-state index is 0.0935. The van der Waals surface area contributed by atoms with Gasteiger partial charge in [-0.25, -0.2) is 4.79 Å². The molecule has 2 aromatic carbocycles. The minimum Gasteiger partial charge on any atom is -0.393 e. The van der Waals surface area contributed by atoms with Crippen LogP contribution in [0.5, 0.6) is 5.75 Å². The second-order valence-electron chi connectivity index (χ2n) is 3.93. The van der Waals surface area contributed by atoms with E-state index in [-0.39, 0.29) is 18.0 Å². The van der Waals surface area contributed by atoms with Crippen LogP contribution in [0.25, 0.3) is 0 Å². The Balaban J connectivity index is 1.78. The van der Waals surface area contributed by atoms with Gasteiger partial charge >= 0.3 is 6.16 Å². The molecule has 0 atom stereocenters. The number of carbonyl (C=O) groups excluding carboxylic acids is 1. The van der Waals surface area contributed by atoms with Crippen molar-refractivity contribution in [3.63, 3.8) is 0 Å². The van der Waals surface area contributed by atoms with Crippen molar-refractivity contribution in [2.24, 2.45) is 0 Å². The Morgan fingerprint density at radius 1 is 1.05 bits per heavy atom. The third-order valence-corrected chi connectivity index (χ3v) is 2.44. The summed E-state index contributed by atoms with van der Waals surface area (Å²) < 4.78 is 4.78. The number of hydrogen-bond donors (Lipinski definition) is 0. The van der Waals surface area contributed by atoms with Gasteiger partial charge < -0.3 is 4.74 Å². The monoisotopic (exact) mass is 289 g/mol. The molecule has 0 saturated heterocycles. The third-order valence-electron chi connectivity index (χ3n) is 2.44. The Morgan fingerprint density at radius 2 is 1.71 bits per heavy atom. The van der Waals surface area contributed by atoms with E-state index in [1.54, 1.807) is 0 Å². The molecule has 108 valence electrons. The molecular weight excluding hydrogens is 278 g/mol. The van der Waals surface area contributed by atoms with Crippen molar-refractivity contribution in [1.82, 2.24) is 0 Å². The van der Waals surface area contributed by atoms with Gasteiger partial charge in [-0.1, -0.05) is 30.3 Å². The standard InChI is InChI=1S/C14H11NO6/c16-14(21-19-10-11-4-2-1-3-5-11)20-13-8-6-12(7-9-13)15(17)18/h1-9H,10H2. The smallest absolute Gasteiger partial charge is 0.393 e.